The van der Waals surface area contributed by atoms with E-state index < -0.39 is 0 Å². The standard InChI is InChI=1S/C12H10Br2O/c1-11-3-4-12(2,15-11)8-6-10(14)9(13)5-7(8)11/h3-6H,1-2H3/t11-,12+. The molecule has 0 spiro atoms. The molecule has 1 aromatic carbocycles. The van der Waals surface area contributed by atoms with Gasteiger partial charge in [0.1, 0.15) is 11.2 Å². The summed E-state index contributed by atoms with van der Waals surface area (Å²) < 4.78 is 8.23. The fourth-order valence-corrected chi connectivity index (χ4v) is 3.17. The van der Waals surface area contributed by atoms with Gasteiger partial charge >= 0.3 is 0 Å². The summed E-state index contributed by atoms with van der Waals surface area (Å²) in [7, 11) is 0. The van der Waals surface area contributed by atoms with Gasteiger partial charge in [-0.3, -0.25) is 0 Å². The maximum atomic E-state index is 6.07. The highest BCUT2D eigenvalue weighted by Gasteiger charge is 2.50. The van der Waals surface area contributed by atoms with Gasteiger partial charge in [-0.1, -0.05) is 0 Å². The number of ether oxygens (including phenoxy) is 1. The van der Waals surface area contributed by atoms with E-state index in [1.54, 1.807) is 0 Å². The van der Waals surface area contributed by atoms with Crippen LogP contribution in [0.5, 0.6) is 0 Å². The smallest absolute Gasteiger partial charge is 0.111 e. The van der Waals surface area contributed by atoms with Crippen LogP contribution in [0.25, 0.3) is 0 Å². The molecule has 3 heteroatoms. The number of benzene rings is 1. The summed E-state index contributed by atoms with van der Waals surface area (Å²) in [5.74, 6) is 0. The predicted octanol–water partition coefficient (Wildman–Crippen LogP) is 4.24. The minimum atomic E-state index is -0.243. The van der Waals surface area contributed by atoms with E-state index in [0.29, 0.717) is 0 Å². The number of fused-ring (bicyclic) bond motifs is 5. The number of hydrogen-bond donors (Lipinski definition) is 0. The molecule has 78 valence electrons. The molecular weight excluding hydrogens is 320 g/mol. The molecule has 2 bridgehead atoms. The van der Waals surface area contributed by atoms with Gasteiger partial charge < -0.3 is 4.74 Å². The van der Waals surface area contributed by atoms with E-state index in [0.717, 1.165) is 8.95 Å². The lowest BCUT2D eigenvalue weighted by Gasteiger charge is -2.18. The largest absolute Gasteiger partial charge is 0.351 e. The average molecular weight is 330 g/mol. The predicted molar refractivity (Wildman–Crippen MR) is 66.8 cm³/mol. The summed E-state index contributed by atoms with van der Waals surface area (Å²) in [6, 6.07) is 4.29. The normalized spacial score (nSPS) is 36.0. The van der Waals surface area contributed by atoms with Crippen LogP contribution in [0, 0.1) is 0 Å². The van der Waals surface area contributed by atoms with Crippen LogP contribution < -0.4 is 0 Å². The van der Waals surface area contributed by atoms with Crippen molar-refractivity contribution in [1.82, 2.24) is 0 Å². The molecule has 0 saturated heterocycles. The van der Waals surface area contributed by atoms with Crippen LogP contribution in [0.4, 0.5) is 0 Å². The Morgan fingerprint density at radius 3 is 1.73 bits per heavy atom. The van der Waals surface area contributed by atoms with Crippen LogP contribution in [0.3, 0.4) is 0 Å². The van der Waals surface area contributed by atoms with Gasteiger partial charge in [-0.05, 0) is 81.1 Å². The van der Waals surface area contributed by atoms with E-state index in [-0.39, 0.29) is 11.2 Å². The van der Waals surface area contributed by atoms with Gasteiger partial charge in [-0.15, -0.1) is 0 Å². The Hall–Kier alpha value is -0.120. The van der Waals surface area contributed by atoms with Crippen molar-refractivity contribution in [3.8, 4) is 0 Å². The molecule has 0 aliphatic carbocycles. The molecule has 2 atom stereocenters. The van der Waals surface area contributed by atoms with Gasteiger partial charge in [0, 0.05) is 8.95 Å². The monoisotopic (exact) mass is 328 g/mol. The summed E-state index contributed by atoms with van der Waals surface area (Å²) in [5.41, 5.74) is 2.05. The summed E-state index contributed by atoms with van der Waals surface area (Å²) in [6.07, 6.45) is 4.30. The first-order valence-corrected chi connectivity index (χ1v) is 6.44. The Morgan fingerprint density at radius 2 is 1.33 bits per heavy atom. The highest BCUT2D eigenvalue weighted by molar-refractivity contribution is 9.13. The third-order valence-corrected chi connectivity index (χ3v) is 5.12. The molecule has 0 N–H and O–H groups in total. The molecular formula is C12H10Br2O. The van der Waals surface area contributed by atoms with Crippen molar-refractivity contribution in [3.63, 3.8) is 0 Å². The van der Waals surface area contributed by atoms with Gasteiger partial charge in [0.05, 0.1) is 0 Å². The molecule has 0 amide bonds. The van der Waals surface area contributed by atoms with Crippen LogP contribution in [0.15, 0.2) is 33.2 Å². The highest BCUT2D eigenvalue weighted by Crippen LogP contribution is 2.54. The molecule has 2 aliphatic rings. The lowest BCUT2D eigenvalue weighted by molar-refractivity contribution is -0.0495. The molecule has 2 aliphatic heterocycles. The van der Waals surface area contributed by atoms with E-state index in [4.69, 9.17) is 4.74 Å². The molecule has 15 heavy (non-hydrogen) atoms. The van der Waals surface area contributed by atoms with Crippen molar-refractivity contribution in [1.29, 1.82) is 0 Å². The molecule has 2 heterocycles. The van der Waals surface area contributed by atoms with Gasteiger partial charge in [0.25, 0.3) is 0 Å². The first-order valence-electron chi connectivity index (χ1n) is 4.85. The molecule has 0 aromatic heterocycles. The highest BCUT2D eigenvalue weighted by atomic mass is 79.9. The second kappa shape index (κ2) is 2.76. The summed E-state index contributed by atoms with van der Waals surface area (Å²) in [6.45, 7) is 4.22. The van der Waals surface area contributed by atoms with Crippen LogP contribution in [0.1, 0.15) is 25.0 Å². The van der Waals surface area contributed by atoms with Crippen LogP contribution in [-0.2, 0) is 15.9 Å². The summed E-state index contributed by atoms with van der Waals surface area (Å²) >= 11 is 7.07. The van der Waals surface area contributed by atoms with E-state index in [2.05, 4.69) is 70.0 Å². The van der Waals surface area contributed by atoms with E-state index in [1.165, 1.54) is 11.1 Å². The van der Waals surface area contributed by atoms with Crippen molar-refractivity contribution in [2.45, 2.75) is 25.0 Å². The minimum Gasteiger partial charge on any atom is -0.351 e. The van der Waals surface area contributed by atoms with Gasteiger partial charge in [0.15, 0.2) is 0 Å². The van der Waals surface area contributed by atoms with E-state index in [9.17, 15) is 0 Å². The first kappa shape index (κ1) is 10.1. The van der Waals surface area contributed by atoms with Crippen molar-refractivity contribution < 1.29 is 4.74 Å². The molecule has 1 aromatic rings. The quantitative estimate of drug-likeness (QED) is 0.647. The molecule has 0 unspecified atom stereocenters. The second-order valence-corrected chi connectivity index (χ2v) is 6.17. The number of halogens is 2. The Morgan fingerprint density at radius 1 is 0.933 bits per heavy atom. The minimum absolute atomic E-state index is 0.243. The molecule has 1 nitrogen and oxygen atoms in total. The number of rotatable bonds is 0. The zero-order valence-electron chi connectivity index (χ0n) is 8.47. The lowest BCUT2D eigenvalue weighted by Crippen LogP contribution is -2.17. The maximum absolute atomic E-state index is 6.07. The van der Waals surface area contributed by atoms with Crippen LogP contribution in [-0.4, -0.2) is 0 Å². The van der Waals surface area contributed by atoms with Crippen molar-refractivity contribution >= 4 is 31.9 Å². The SMILES string of the molecule is C[C@]12C=C[C@](C)(O1)c1cc(Br)c(Br)cc12. The molecule has 3 rings (SSSR count). The summed E-state index contributed by atoms with van der Waals surface area (Å²) in [5, 5.41) is 0. The Labute approximate surface area is 106 Å². The Kier molecular flexibility index (Phi) is 1.85. The topological polar surface area (TPSA) is 9.23 Å². The van der Waals surface area contributed by atoms with Crippen molar-refractivity contribution in [3.05, 3.63) is 44.4 Å². The summed E-state index contributed by atoms with van der Waals surface area (Å²) in [4.78, 5) is 0. The van der Waals surface area contributed by atoms with E-state index in [1.807, 2.05) is 0 Å². The third kappa shape index (κ3) is 1.17. The van der Waals surface area contributed by atoms with E-state index >= 15 is 0 Å². The van der Waals surface area contributed by atoms with Gasteiger partial charge in [-0.25, -0.2) is 0 Å². The lowest BCUT2D eigenvalue weighted by atomic mass is 9.84. The molecule has 0 fully saturated rings. The maximum Gasteiger partial charge on any atom is 0.111 e. The third-order valence-electron chi connectivity index (χ3n) is 3.27. The van der Waals surface area contributed by atoms with Crippen molar-refractivity contribution in [2.24, 2.45) is 0 Å². The van der Waals surface area contributed by atoms with Crippen LogP contribution in [0.2, 0.25) is 0 Å². The number of hydrogen-bond acceptors (Lipinski definition) is 1. The second-order valence-electron chi connectivity index (χ2n) is 4.46. The Balaban J connectivity index is 2.34. The molecule has 0 radical (unpaired) electrons. The average Bonchev–Trinajstić information content (AvgIpc) is 2.57. The fraction of sp³-hybridized carbons (Fsp3) is 0.333. The fourth-order valence-electron chi connectivity index (χ4n) is 2.48. The Bertz CT molecular complexity index is 452. The van der Waals surface area contributed by atoms with Gasteiger partial charge in [-0.2, -0.15) is 0 Å². The zero-order valence-corrected chi connectivity index (χ0v) is 11.6. The first-order chi connectivity index (χ1) is 6.95. The molecule has 0 saturated carbocycles. The van der Waals surface area contributed by atoms with Crippen molar-refractivity contribution in [2.75, 3.05) is 0 Å². The van der Waals surface area contributed by atoms with Gasteiger partial charge in [0.2, 0.25) is 0 Å². The zero-order chi connectivity index (χ0) is 10.8. The van der Waals surface area contributed by atoms with Crippen LogP contribution >= 0.6 is 31.9 Å².